The van der Waals surface area contributed by atoms with E-state index in [1.807, 2.05) is 13.8 Å². The Morgan fingerprint density at radius 3 is 1.71 bits per heavy atom. The van der Waals surface area contributed by atoms with E-state index in [2.05, 4.69) is 79.7 Å². The second kappa shape index (κ2) is 21.9. The van der Waals surface area contributed by atoms with Gasteiger partial charge < -0.3 is 15.9 Å². The first-order valence-electron chi connectivity index (χ1n) is 28.0. The Morgan fingerprint density at radius 1 is 0.721 bits per heavy atom. The van der Waals surface area contributed by atoms with Crippen molar-refractivity contribution >= 4 is 11.8 Å². The lowest BCUT2D eigenvalue weighted by atomic mass is 9.60. The Kier molecular flexibility index (Phi) is 17.1. The van der Waals surface area contributed by atoms with Gasteiger partial charge in [-0.1, -0.05) is 140 Å². The third kappa shape index (κ3) is 12.4. The molecule has 6 fully saturated rings. The van der Waals surface area contributed by atoms with Crippen LogP contribution in [0.5, 0.6) is 0 Å². The van der Waals surface area contributed by atoms with Gasteiger partial charge in [-0.25, -0.2) is 0 Å². The molecule has 6 heteroatoms. The number of amides is 2. The maximum atomic E-state index is 13.1. The van der Waals surface area contributed by atoms with Crippen molar-refractivity contribution < 1.29 is 19.8 Å². The summed E-state index contributed by atoms with van der Waals surface area (Å²) in [7, 11) is 0. The monoisotopic (exact) mass is 933 g/mol. The minimum absolute atomic E-state index is 0.232. The van der Waals surface area contributed by atoms with Crippen molar-refractivity contribution in [2.45, 2.75) is 234 Å². The summed E-state index contributed by atoms with van der Waals surface area (Å²) in [6, 6.07) is 7.11. The number of rotatable bonds is 12. The van der Waals surface area contributed by atoms with Gasteiger partial charge in [0.2, 0.25) is 0 Å². The zero-order valence-corrected chi connectivity index (χ0v) is 44.7. The highest BCUT2D eigenvalue weighted by Crippen LogP contribution is 2.61. The van der Waals surface area contributed by atoms with Crippen LogP contribution in [0.3, 0.4) is 0 Å². The van der Waals surface area contributed by atoms with Crippen LogP contribution < -0.4 is 5.73 Å². The molecule has 68 heavy (non-hydrogen) atoms. The molecule has 0 bridgehead atoms. The van der Waals surface area contributed by atoms with Gasteiger partial charge in [-0.2, -0.15) is 0 Å². The summed E-state index contributed by atoms with van der Waals surface area (Å²) in [5, 5.41) is 20.9. The SMILES string of the molecule is C[C@@H]1C/C(=C/C=C2\CCC[C@]3(C)[C@@H]([C@H](C)CCCC(C)(C)C)CC[C@@H]23)C[C@@H](N)C1.C[C@H](CCCC(C)(C)O)[C@H]1CC[C@H]2/C(=C/C=C3/C[C@@H](O)C[C@H](N4C(=O)c5ccccc5C4=O)C3)CCC[C@]12C. The van der Waals surface area contributed by atoms with Crippen LogP contribution in [0.25, 0.3) is 0 Å². The normalized spacial score (nSPS) is 36.5. The van der Waals surface area contributed by atoms with E-state index < -0.39 is 11.7 Å². The first kappa shape index (κ1) is 53.0. The molecule has 0 radical (unpaired) electrons. The summed E-state index contributed by atoms with van der Waals surface area (Å²) in [6.07, 6.45) is 34.8. The predicted molar refractivity (Wildman–Crippen MR) is 282 cm³/mol. The third-order valence-corrected chi connectivity index (χ3v) is 19.1. The molecule has 12 atom stereocenters. The van der Waals surface area contributed by atoms with Gasteiger partial charge in [0, 0.05) is 12.1 Å². The van der Waals surface area contributed by atoms with Crippen LogP contribution in [0.1, 0.15) is 231 Å². The van der Waals surface area contributed by atoms with Crippen LogP contribution in [-0.4, -0.2) is 50.7 Å². The van der Waals surface area contributed by atoms with E-state index in [9.17, 15) is 19.8 Å². The number of carbonyl (C=O) groups excluding carboxylic acids is 2. The van der Waals surface area contributed by atoms with Gasteiger partial charge in [0.25, 0.3) is 11.8 Å². The molecule has 2 amide bonds. The van der Waals surface area contributed by atoms with Gasteiger partial charge in [-0.15, -0.1) is 0 Å². The molecular formula is C62H96N2O4. The summed E-state index contributed by atoms with van der Waals surface area (Å²) in [5.74, 6) is 4.90. The quantitative estimate of drug-likeness (QED) is 0.181. The van der Waals surface area contributed by atoms with E-state index in [4.69, 9.17) is 5.73 Å². The number of fused-ring (bicyclic) bond motifs is 3. The maximum absolute atomic E-state index is 13.1. The topological polar surface area (TPSA) is 104 Å². The van der Waals surface area contributed by atoms with Crippen LogP contribution in [0, 0.1) is 57.7 Å². The number of benzene rings is 1. The number of aliphatic hydroxyl groups excluding tert-OH is 1. The zero-order valence-electron chi connectivity index (χ0n) is 44.7. The summed E-state index contributed by atoms with van der Waals surface area (Å²) < 4.78 is 0. The van der Waals surface area contributed by atoms with E-state index >= 15 is 0 Å². The van der Waals surface area contributed by atoms with Crippen molar-refractivity contribution in [3.05, 3.63) is 82.0 Å². The number of hydrogen-bond acceptors (Lipinski definition) is 5. The molecule has 4 N–H and O–H groups in total. The van der Waals surface area contributed by atoms with Crippen molar-refractivity contribution in [3.63, 3.8) is 0 Å². The number of imide groups is 1. The van der Waals surface area contributed by atoms with Gasteiger partial charge in [-0.05, 0) is 199 Å². The van der Waals surface area contributed by atoms with Crippen LogP contribution in [-0.2, 0) is 0 Å². The molecule has 0 saturated heterocycles. The molecule has 1 aromatic carbocycles. The highest BCUT2D eigenvalue weighted by Gasteiger charge is 2.52. The molecule has 6 nitrogen and oxygen atoms in total. The van der Waals surface area contributed by atoms with Gasteiger partial charge >= 0.3 is 0 Å². The van der Waals surface area contributed by atoms with Gasteiger partial charge in [0.05, 0.1) is 22.8 Å². The Bertz CT molecular complexity index is 2000. The largest absolute Gasteiger partial charge is 0.393 e. The van der Waals surface area contributed by atoms with Gasteiger partial charge in [-0.3, -0.25) is 14.5 Å². The average molecular weight is 933 g/mol. The minimum atomic E-state index is -0.582. The number of allylic oxidation sites excluding steroid dienone is 6. The van der Waals surface area contributed by atoms with E-state index in [0.29, 0.717) is 64.5 Å². The fourth-order valence-corrected chi connectivity index (χ4v) is 15.8. The molecular weight excluding hydrogens is 837 g/mol. The first-order valence-corrected chi connectivity index (χ1v) is 28.0. The molecule has 0 spiro atoms. The highest BCUT2D eigenvalue weighted by molar-refractivity contribution is 6.21. The summed E-state index contributed by atoms with van der Waals surface area (Å²) in [5.41, 5.74) is 14.0. The fourth-order valence-electron chi connectivity index (χ4n) is 15.8. The van der Waals surface area contributed by atoms with Crippen molar-refractivity contribution in [2.75, 3.05) is 0 Å². The molecule has 6 saturated carbocycles. The van der Waals surface area contributed by atoms with Crippen LogP contribution in [0.2, 0.25) is 0 Å². The number of nitrogens with two attached hydrogens (primary N) is 1. The van der Waals surface area contributed by atoms with Crippen LogP contribution in [0.15, 0.2) is 70.9 Å². The third-order valence-electron chi connectivity index (χ3n) is 19.1. The fraction of sp³-hybridized carbons (Fsp3) is 0.742. The van der Waals surface area contributed by atoms with E-state index in [-0.39, 0.29) is 17.9 Å². The minimum Gasteiger partial charge on any atom is -0.393 e. The lowest BCUT2D eigenvalue weighted by Crippen LogP contribution is -2.44. The lowest BCUT2D eigenvalue weighted by Gasteiger charge is -2.44. The van der Waals surface area contributed by atoms with E-state index in [0.717, 1.165) is 60.8 Å². The molecule has 0 aromatic heterocycles. The van der Waals surface area contributed by atoms with Gasteiger partial charge in [0.15, 0.2) is 0 Å². The lowest BCUT2D eigenvalue weighted by molar-refractivity contribution is 0.0472. The van der Waals surface area contributed by atoms with E-state index in [1.165, 1.54) is 101 Å². The van der Waals surface area contributed by atoms with Crippen molar-refractivity contribution in [2.24, 2.45) is 63.4 Å². The Balaban J connectivity index is 0.000000211. The molecule has 1 heterocycles. The zero-order chi connectivity index (χ0) is 49.2. The Morgan fingerprint density at radius 2 is 1.22 bits per heavy atom. The molecule has 1 aromatic rings. The summed E-state index contributed by atoms with van der Waals surface area (Å²) >= 11 is 0. The smallest absolute Gasteiger partial charge is 0.261 e. The number of carbonyl (C=O) groups is 2. The molecule has 0 unspecified atom stereocenters. The number of hydrogen-bond donors (Lipinski definition) is 3. The maximum Gasteiger partial charge on any atom is 0.261 e. The van der Waals surface area contributed by atoms with Gasteiger partial charge in [0.1, 0.15) is 0 Å². The van der Waals surface area contributed by atoms with Crippen molar-refractivity contribution in [3.8, 4) is 0 Å². The van der Waals surface area contributed by atoms with Crippen molar-refractivity contribution in [1.82, 2.24) is 4.90 Å². The van der Waals surface area contributed by atoms with Crippen LogP contribution in [0.4, 0.5) is 0 Å². The Hall–Kier alpha value is -2.80. The standard InChI is InChI=1S/C34H47NO4.C28H49N/c1-22(9-7-17-33(2,3)39)29-15-16-30-24(10-8-18-34(29,30)4)14-13-23-19-25(21-26(36)20-23)35-31(37)27-11-5-6-12-28(27)32(35)38;1-20-17-22(19-24(29)18-20)11-12-23-10-8-16-28(6)25(13-14-26(23)28)21(2)9-7-15-27(3,4)5/h5-6,11-14,22,25-26,29-30,36,39H,7-10,15-21H2,1-4H3;11-12,20-21,24-26H,7-10,13-19,29H2,1-6H3/b23-13+,24-14+;22-11-,23-12+/t22-,25-,26-,29-,30+,34-;20-,21-,24+,25-,26+,28-/m11/s1. The Labute approximate surface area is 414 Å². The van der Waals surface area contributed by atoms with E-state index in [1.54, 1.807) is 41.0 Å². The molecule has 8 rings (SSSR count). The summed E-state index contributed by atoms with van der Waals surface area (Å²) in [6.45, 7) is 23.5. The molecule has 7 aliphatic rings. The average Bonchev–Trinajstić information content (AvgIpc) is 3.89. The second-order valence-corrected chi connectivity index (χ2v) is 26.4. The first-order chi connectivity index (χ1) is 32.1. The van der Waals surface area contributed by atoms with Crippen molar-refractivity contribution in [1.29, 1.82) is 0 Å². The number of aliphatic hydroxyl groups is 2. The predicted octanol–water partition coefficient (Wildman–Crippen LogP) is 14.9. The molecule has 1 aliphatic heterocycles. The molecule has 6 aliphatic carbocycles. The summed E-state index contributed by atoms with van der Waals surface area (Å²) in [4.78, 5) is 27.5. The highest BCUT2D eigenvalue weighted by atomic mass is 16.3. The molecule has 378 valence electrons. The van der Waals surface area contributed by atoms with Crippen LogP contribution >= 0.6 is 0 Å². The second-order valence-electron chi connectivity index (χ2n) is 26.4. The number of nitrogens with zero attached hydrogens (tertiary/aromatic N) is 1.